The van der Waals surface area contributed by atoms with Gasteiger partial charge < -0.3 is 15.0 Å². The second kappa shape index (κ2) is 6.05. The highest BCUT2D eigenvalue weighted by atomic mass is 16.4. The maximum atomic E-state index is 12.4. The van der Waals surface area contributed by atoms with Crippen molar-refractivity contribution in [2.75, 3.05) is 0 Å². The maximum Gasteiger partial charge on any atom is 0.337 e. The number of carboxylic acid groups (broad SMARTS) is 1. The van der Waals surface area contributed by atoms with Crippen LogP contribution in [0.15, 0.2) is 55.0 Å². The molecule has 0 bridgehead atoms. The molecule has 2 atom stereocenters. The number of carbonyl (C=O) groups excluding carboxylic acids is 1. The molecule has 1 aliphatic carbocycles. The van der Waals surface area contributed by atoms with E-state index < -0.39 is 5.97 Å². The first-order valence-electron chi connectivity index (χ1n) is 8.14. The van der Waals surface area contributed by atoms with E-state index in [9.17, 15) is 14.7 Å². The number of fused-ring (bicyclic) bond motifs is 1. The number of amides is 1. The van der Waals surface area contributed by atoms with Gasteiger partial charge in [0, 0.05) is 41.5 Å². The normalized spacial score (nSPS) is 18.9. The van der Waals surface area contributed by atoms with Crippen LogP contribution in [0.3, 0.4) is 0 Å². The minimum Gasteiger partial charge on any atom is -0.478 e. The van der Waals surface area contributed by atoms with Crippen LogP contribution in [0.5, 0.6) is 0 Å². The van der Waals surface area contributed by atoms with E-state index in [0.29, 0.717) is 11.3 Å². The average molecular weight is 335 g/mol. The van der Waals surface area contributed by atoms with Crippen LogP contribution in [0, 0.1) is 0 Å². The van der Waals surface area contributed by atoms with Gasteiger partial charge in [-0.15, -0.1) is 0 Å². The van der Waals surface area contributed by atoms with E-state index in [1.807, 2.05) is 30.5 Å². The third kappa shape index (κ3) is 2.98. The van der Waals surface area contributed by atoms with Gasteiger partial charge in [-0.05, 0) is 24.1 Å². The van der Waals surface area contributed by atoms with Gasteiger partial charge in [0.05, 0.1) is 5.56 Å². The van der Waals surface area contributed by atoms with Gasteiger partial charge in [-0.2, -0.15) is 0 Å². The van der Waals surface area contributed by atoms with E-state index >= 15 is 0 Å². The summed E-state index contributed by atoms with van der Waals surface area (Å²) in [6, 6.07) is 11.2. The van der Waals surface area contributed by atoms with Crippen LogP contribution in [-0.4, -0.2) is 32.6 Å². The number of nitrogens with zero attached hydrogens (tertiary/aromatic N) is 2. The van der Waals surface area contributed by atoms with Crippen LogP contribution < -0.4 is 5.32 Å². The first-order chi connectivity index (χ1) is 12.1. The van der Waals surface area contributed by atoms with Crippen LogP contribution in [0.2, 0.25) is 0 Å². The van der Waals surface area contributed by atoms with E-state index in [1.54, 1.807) is 22.9 Å². The highest BCUT2D eigenvalue weighted by Crippen LogP contribution is 2.40. The van der Waals surface area contributed by atoms with Crippen molar-refractivity contribution in [3.05, 3.63) is 66.1 Å². The Balaban J connectivity index is 1.47. The molecule has 126 valence electrons. The standard InChI is InChI=1S/C19H17N3O3/c23-18(21-16-8-14(16)12-4-3-7-20-9-12)11-22-10-15(19(24)25)13-5-1-2-6-17(13)22/h1-7,9-10,14,16H,8,11H2,(H,21,23)(H,24,25)/t14-,16+/m0/s1. The van der Waals surface area contributed by atoms with Crippen molar-refractivity contribution >= 4 is 22.8 Å². The van der Waals surface area contributed by atoms with Crippen LogP contribution in [0.1, 0.15) is 28.3 Å². The summed E-state index contributed by atoms with van der Waals surface area (Å²) in [5.74, 6) is -0.795. The van der Waals surface area contributed by atoms with Gasteiger partial charge in [0.25, 0.3) is 0 Å². The fraction of sp³-hybridized carbons (Fsp3) is 0.211. The molecule has 2 N–H and O–H groups in total. The van der Waals surface area contributed by atoms with Crippen molar-refractivity contribution in [2.24, 2.45) is 0 Å². The summed E-state index contributed by atoms with van der Waals surface area (Å²) in [5, 5.41) is 13.0. The first kappa shape index (κ1) is 15.4. The quantitative estimate of drug-likeness (QED) is 0.750. The smallest absolute Gasteiger partial charge is 0.337 e. The molecule has 1 aromatic carbocycles. The van der Waals surface area contributed by atoms with E-state index in [-0.39, 0.29) is 24.1 Å². The zero-order chi connectivity index (χ0) is 17.4. The average Bonchev–Trinajstić information content (AvgIpc) is 3.28. The minimum absolute atomic E-state index is 0.101. The number of rotatable bonds is 5. The molecule has 1 aliphatic rings. The largest absolute Gasteiger partial charge is 0.478 e. The predicted molar refractivity (Wildman–Crippen MR) is 92.4 cm³/mol. The van der Waals surface area contributed by atoms with Gasteiger partial charge >= 0.3 is 5.97 Å². The second-order valence-electron chi connectivity index (χ2n) is 6.30. The third-order valence-corrected chi connectivity index (χ3v) is 4.58. The van der Waals surface area contributed by atoms with Gasteiger partial charge in [0.1, 0.15) is 6.54 Å². The Bertz CT molecular complexity index is 949. The molecular formula is C19H17N3O3. The Labute approximate surface area is 144 Å². The summed E-state index contributed by atoms with van der Waals surface area (Å²) in [6.45, 7) is 0.101. The number of aromatic nitrogens is 2. The first-order valence-corrected chi connectivity index (χ1v) is 8.14. The lowest BCUT2D eigenvalue weighted by atomic mass is 10.2. The molecule has 1 amide bonds. The monoisotopic (exact) mass is 335 g/mol. The van der Waals surface area contributed by atoms with Crippen molar-refractivity contribution in [2.45, 2.75) is 24.9 Å². The number of pyridine rings is 1. The SMILES string of the molecule is O=C(Cn1cc(C(=O)O)c2ccccc21)N[C@@H]1C[C@H]1c1cccnc1. The van der Waals surface area contributed by atoms with Crippen molar-refractivity contribution < 1.29 is 14.7 Å². The van der Waals surface area contributed by atoms with E-state index in [4.69, 9.17) is 0 Å². The van der Waals surface area contributed by atoms with E-state index in [1.165, 1.54) is 6.20 Å². The molecule has 0 aliphatic heterocycles. The van der Waals surface area contributed by atoms with Gasteiger partial charge in [-0.25, -0.2) is 4.79 Å². The maximum absolute atomic E-state index is 12.4. The Hall–Kier alpha value is -3.15. The molecule has 2 aromatic heterocycles. The number of benzene rings is 1. The van der Waals surface area contributed by atoms with Crippen LogP contribution in [-0.2, 0) is 11.3 Å². The number of carbonyl (C=O) groups is 2. The third-order valence-electron chi connectivity index (χ3n) is 4.58. The molecular weight excluding hydrogens is 318 g/mol. The van der Waals surface area contributed by atoms with Gasteiger partial charge in [-0.3, -0.25) is 9.78 Å². The number of para-hydroxylation sites is 1. The van der Waals surface area contributed by atoms with Gasteiger partial charge in [0.2, 0.25) is 5.91 Å². The summed E-state index contributed by atoms with van der Waals surface area (Å²) in [5.41, 5.74) is 2.09. The van der Waals surface area contributed by atoms with E-state index in [2.05, 4.69) is 10.3 Å². The van der Waals surface area contributed by atoms with Crippen molar-refractivity contribution in [3.8, 4) is 0 Å². The summed E-state index contributed by atoms with van der Waals surface area (Å²) >= 11 is 0. The lowest BCUT2D eigenvalue weighted by Gasteiger charge is -2.07. The fourth-order valence-electron chi connectivity index (χ4n) is 3.27. The summed E-state index contributed by atoms with van der Waals surface area (Å²) < 4.78 is 1.69. The van der Waals surface area contributed by atoms with Crippen LogP contribution in [0.25, 0.3) is 10.9 Å². The zero-order valence-corrected chi connectivity index (χ0v) is 13.4. The molecule has 25 heavy (non-hydrogen) atoms. The Morgan fingerprint density at radius 3 is 2.84 bits per heavy atom. The highest BCUT2D eigenvalue weighted by Gasteiger charge is 2.39. The molecule has 0 saturated heterocycles. The van der Waals surface area contributed by atoms with Crippen molar-refractivity contribution in [1.29, 1.82) is 0 Å². The predicted octanol–water partition coefficient (Wildman–Crippen LogP) is 2.41. The zero-order valence-electron chi connectivity index (χ0n) is 13.4. The Morgan fingerprint density at radius 1 is 1.24 bits per heavy atom. The molecule has 2 heterocycles. The highest BCUT2D eigenvalue weighted by molar-refractivity contribution is 6.03. The Morgan fingerprint density at radius 2 is 2.08 bits per heavy atom. The van der Waals surface area contributed by atoms with Crippen LogP contribution in [0.4, 0.5) is 0 Å². The molecule has 0 spiro atoms. The molecule has 0 radical (unpaired) electrons. The molecule has 3 aromatic rings. The molecule has 0 unspecified atom stereocenters. The van der Waals surface area contributed by atoms with Gasteiger partial charge in [-0.1, -0.05) is 24.3 Å². The lowest BCUT2D eigenvalue weighted by Crippen LogP contribution is -2.30. The minimum atomic E-state index is -0.991. The van der Waals surface area contributed by atoms with E-state index in [0.717, 1.165) is 17.5 Å². The molecule has 1 saturated carbocycles. The number of hydrogen-bond donors (Lipinski definition) is 2. The molecule has 4 rings (SSSR count). The number of nitrogens with one attached hydrogen (secondary N) is 1. The Kier molecular flexibility index (Phi) is 3.72. The summed E-state index contributed by atoms with van der Waals surface area (Å²) in [4.78, 5) is 27.9. The second-order valence-corrected chi connectivity index (χ2v) is 6.30. The van der Waals surface area contributed by atoms with Crippen molar-refractivity contribution in [3.63, 3.8) is 0 Å². The molecule has 6 nitrogen and oxygen atoms in total. The molecule has 6 heteroatoms. The lowest BCUT2D eigenvalue weighted by molar-refractivity contribution is -0.121. The number of aromatic carboxylic acids is 1. The van der Waals surface area contributed by atoms with Gasteiger partial charge in [0.15, 0.2) is 0 Å². The van der Waals surface area contributed by atoms with Crippen molar-refractivity contribution in [1.82, 2.24) is 14.9 Å². The number of carboxylic acids is 1. The summed E-state index contributed by atoms with van der Waals surface area (Å²) in [7, 11) is 0. The summed E-state index contributed by atoms with van der Waals surface area (Å²) in [6.07, 6.45) is 5.99. The molecule has 1 fully saturated rings. The van der Waals surface area contributed by atoms with Crippen LogP contribution >= 0.6 is 0 Å². The topological polar surface area (TPSA) is 84.2 Å². The fourth-order valence-corrected chi connectivity index (χ4v) is 3.27. The number of hydrogen-bond acceptors (Lipinski definition) is 3.